The summed E-state index contributed by atoms with van der Waals surface area (Å²) in [7, 11) is -4.29. The molecule has 8 nitrogen and oxygen atoms in total. The van der Waals surface area contributed by atoms with Gasteiger partial charge >= 0.3 is 0 Å². The van der Waals surface area contributed by atoms with E-state index in [1.165, 1.54) is 4.90 Å². The lowest BCUT2D eigenvalue weighted by Crippen LogP contribution is -2.51. The number of halogens is 1. The van der Waals surface area contributed by atoms with E-state index in [1.807, 2.05) is 52.0 Å². The van der Waals surface area contributed by atoms with Gasteiger partial charge in [-0.3, -0.25) is 13.9 Å². The molecule has 0 heterocycles. The monoisotopic (exact) mass is 583 g/mol. The van der Waals surface area contributed by atoms with Gasteiger partial charge in [0.2, 0.25) is 11.8 Å². The third-order valence-corrected chi connectivity index (χ3v) is 8.19. The number of hydrogen-bond donors (Lipinski definition) is 1. The van der Waals surface area contributed by atoms with Gasteiger partial charge in [-0.15, -0.1) is 0 Å². The molecule has 0 aliphatic heterocycles. The Balaban J connectivity index is 2.02. The van der Waals surface area contributed by atoms with E-state index < -0.39 is 34.3 Å². The second-order valence-electron chi connectivity index (χ2n) is 10.2. The number of hydrogen-bond acceptors (Lipinski definition) is 5. The molecule has 10 heteroatoms. The minimum atomic E-state index is -4.29. The lowest BCUT2D eigenvalue weighted by Gasteiger charge is -2.32. The van der Waals surface area contributed by atoms with E-state index in [4.69, 9.17) is 4.74 Å². The van der Waals surface area contributed by atoms with E-state index in [-0.39, 0.29) is 29.0 Å². The average Bonchev–Trinajstić information content (AvgIpc) is 2.93. The number of rotatable bonds is 13. The summed E-state index contributed by atoms with van der Waals surface area (Å²) in [5.74, 6) is -0.744. The Labute approximate surface area is 242 Å². The smallest absolute Gasteiger partial charge is 0.264 e. The normalized spacial score (nSPS) is 12.1. The van der Waals surface area contributed by atoms with Crippen LogP contribution in [0, 0.1) is 18.7 Å². The Morgan fingerprint density at radius 3 is 2.22 bits per heavy atom. The minimum Gasteiger partial charge on any atom is -0.494 e. The number of sulfonamides is 1. The molecule has 0 aliphatic rings. The first-order valence-corrected chi connectivity index (χ1v) is 15.0. The molecule has 3 aromatic rings. The van der Waals surface area contributed by atoms with Crippen LogP contribution in [0.25, 0.3) is 0 Å². The number of amides is 2. The summed E-state index contributed by atoms with van der Waals surface area (Å²) >= 11 is 0. The number of aryl methyl sites for hydroxylation is 1. The standard InChI is InChI=1S/C31H38FN3O5S/c1-6-40-28-14-12-27(13-15-28)35(41(38,39)29-16-10-26(32)11-17-29)21-30(36)34(20-25-9-7-8-23(4)18-25)24(5)31(37)33-19-22(2)3/h7-18,22,24H,6,19-21H2,1-5H3,(H,33,37). The number of ether oxygens (including phenoxy) is 1. The van der Waals surface area contributed by atoms with E-state index in [0.717, 1.165) is 39.7 Å². The molecule has 0 radical (unpaired) electrons. The molecule has 1 N–H and O–H groups in total. The molecule has 3 rings (SSSR count). The molecule has 1 unspecified atom stereocenters. The molecule has 1 atom stereocenters. The summed E-state index contributed by atoms with van der Waals surface area (Å²) in [6, 6.07) is 17.4. The molecule has 41 heavy (non-hydrogen) atoms. The molecule has 0 fully saturated rings. The highest BCUT2D eigenvalue weighted by Gasteiger charge is 2.32. The fraction of sp³-hybridized carbons (Fsp3) is 0.355. The summed E-state index contributed by atoms with van der Waals surface area (Å²) in [6.45, 7) is 9.71. The van der Waals surface area contributed by atoms with E-state index in [2.05, 4.69) is 5.32 Å². The van der Waals surface area contributed by atoms with Crippen molar-refractivity contribution in [2.75, 3.05) is 24.0 Å². The zero-order chi connectivity index (χ0) is 30.2. The van der Waals surface area contributed by atoms with Crippen molar-refractivity contribution >= 4 is 27.5 Å². The molecular formula is C31H38FN3O5S. The van der Waals surface area contributed by atoms with Crippen LogP contribution in [0.15, 0.2) is 77.7 Å². The Hall–Kier alpha value is -3.92. The summed E-state index contributed by atoms with van der Waals surface area (Å²) in [6.07, 6.45) is 0. The van der Waals surface area contributed by atoms with Crippen LogP contribution < -0.4 is 14.4 Å². The highest BCUT2D eigenvalue weighted by molar-refractivity contribution is 7.92. The topological polar surface area (TPSA) is 96.0 Å². The van der Waals surface area contributed by atoms with Crippen molar-refractivity contribution in [2.45, 2.75) is 52.1 Å². The van der Waals surface area contributed by atoms with Crippen molar-refractivity contribution in [2.24, 2.45) is 5.92 Å². The van der Waals surface area contributed by atoms with Gasteiger partial charge in [0.25, 0.3) is 10.0 Å². The van der Waals surface area contributed by atoms with Crippen LogP contribution in [-0.2, 0) is 26.2 Å². The fourth-order valence-corrected chi connectivity index (χ4v) is 5.59. The predicted molar refractivity (Wildman–Crippen MR) is 158 cm³/mol. The zero-order valence-corrected chi connectivity index (χ0v) is 24.9. The Morgan fingerprint density at radius 1 is 0.976 bits per heavy atom. The molecule has 3 aromatic carbocycles. The lowest BCUT2D eigenvalue weighted by molar-refractivity contribution is -0.139. The third-order valence-electron chi connectivity index (χ3n) is 6.40. The van der Waals surface area contributed by atoms with Gasteiger partial charge < -0.3 is 15.0 Å². The van der Waals surface area contributed by atoms with Crippen molar-refractivity contribution in [3.63, 3.8) is 0 Å². The first-order valence-electron chi connectivity index (χ1n) is 13.6. The van der Waals surface area contributed by atoms with Crippen LogP contribution >= 0.6 is 0 Å². The number of carbonyl (C=O) groups is 2. The molecule has 2 amide bonds. The molecule has 0 saturated carbocycles. The maximum absolute atomic E-state index is 14.0. The number of carbonyl (C=O) groups excluding carboxylic acids is 2. The average molecular weight is 584 g/mol. The Bertz CT molecular complexity index is 1430. The second kappa shape index (κ2) is 14.1. The Kier molecular flexibility index (Phi) is 10.9. The van der Waals surface area contributed by atoms with E-state index in [1.54, 1.807) is 31.2 Å². The van der Waals surface area contributed by atoms with E-state index in [0.29, 0.717) is 18.9 Å². The number of nitrogens with zero attached hydrogens (tertiary/aromatic N) is 2. The SMILES string of the molecule is CCOc1ccc(N(CC(=O)N(Cc2cccc(C)c2)C(C)C(=O)NCC(C)C)S(=O)(=O)c2ccc(F)cc2)cc1. The number of anilines is 1. The third kappa shape index (κ3) is 8.53. The quantitative estimate of drug-likeness (QED) is 0.308. The lowest BCUT2D eigenvalue weighted by atomic mass is 10.1. The summed E-state index contributed by atoms with van der Waals surface area (Å²) in [4.78, 5) is 28.2. The summed E-state index contributed by atoms with van der Waals surface area (Å²) < 4.78 is 47.7. The van der Waals surface area contributed by atoms with Crippen molar-refractivity contribution in [1.82, 2.24) is 10.2 Å². The van der Waals surface area contributed by atoms with Crippen LogP contribution in [0.1, 0.15) is 38.8 Å². The van der Waals surface area contributed by atoms with Gasteiger partial charge in [0, 0.05) is 13.1 Å². The largest absolute Gasteiger partial charge is 0.494 e. The first-order chi connectivity index (χ1) is 19.4. The van der Waals surface area contributed by atoms with Crippen LogP contribution in [0.3, 0.4) is 0 Å². The van der Waals surface area contributed by atoms with Gasteiger partial charge in [0.15, 0.2) is 0 Å². The van der Waals surface area contributed by atoms with Gasteiger partial charge in [-0.05, 0) is 80.8 Å². The first kappa shape index (κ1) is 31.6. The van der Waals surface area contributed by atoms with Crippen LogP contribution in [0.2, 0.25) is 0 Å². The highest BCUT2D eigenvalue weighted by Crippen LogP contribution is 2.27. The molecule has 0 saturated heterocycles. The van der Waals surface area contributed by atoms with Crippen molar-refractivity contribution in [1.29, 1.82) is 0 Å². The molecular weight excluding hydrogens is 545 g/mol. The van der Waals surface area contributed by atoms with Crippen LogP contribution in [0.5, 0.6) is 5.75 Å². The fourth-order valence-electron chi connectivity index (χ4n) is 4.18. The summed E-state index contributed by atoms with van der Waals surface area (Å²) in [5.41, 5.74) is 2.01. The number of nitrogens with one attached hydrogen (secondary N) is 1. The maximum Gasteiger partial charge on any atom is 0.264 e. The second-order valence-corrected chi connectivity index (χ2v) is 12.1. The van der Waals surface area contributed by atoms with Crippen molar-refractivity contribution < 1.29 is 27.1 Å². The zero-order valence-electron chi connectivity index (χ0n) is 24.1. The Morgan fingerprint density at radius 2 is 1.63 bits per heavy atom. The molecule has 0 aromatic heterocycles. The van der Waals surface area contributed by atoms with Crippen LogP contribution in [-0.4, -0.2) is 50.9 Å². The van der Waals surface area contributed by atoms with E-state index in [9.17, 15) is 22.4 Å². The highest BCUT2D eigenvalue weighted by atomic mass is 32.2. The van der Waals surface area contributed by atoms with Crippen LogP contribution in [0.4, 0.5) is 10.1 Å². The molecule has 220 valence electrons. The van der Waals surface area contributed by atoms with Gasteiger partial charge in [-0.1, -0.05) is 43.7 Å². The van der Waals surface area contributed by atoms with Gasteiger partial charge in [-0.2, -0.15) is 0 Å². The van der Waals surface area contributed by atoms with Gasteiger partial charge in [0.1, 0.15) is 24.2 Å². The minimum absolute atomic E-state index is 0.102. The maximum atomic E-state index is 14.0. The summed E-state index contributed by atoms with van der Waals surface area (Å²) in [5, 5.41) is 2.86. The molecule has 0 spiro atoms. The molecule has 0 aliphatic carbocycles. The van der Waals surface area contributed by atoms with E-state index >= 15 is 0 Å². The predicted octanol–water partition coefficient (Wildman–Crippen LogP) is 4.92. The van der Waals surface area contributed by atoms with Gasteiger partial charge in [-0.25, -0.2) is 12.8 Å². The molecule has 0 bridgehead atoms. The van der Waals surface area contributed by atoms with Crippen molar-refractivity contribution in [3.05, 3.63) is 89.7 Å². The number of benzene rings is 3. The van der Waals surface area contributed by atoms with Crippen molar-refractivity contribution in [3.8, 4) is 5.75 Å². The van der Waals surface area contributed by atoms with Gasteiger partial charge in [0.05, 0.1) is 17.2 Å².